The molecule has 0 radical (unpaired) electrons. The maximum absolute atomic E-state index is 5.54. The zero-order valence-electron chi connectivity index (χ0n) is 9.86. The van der Waals surface area contributed by atoms with Gasteiger partial charge < -0.3 is 24.7 Å². The summed E-state index contributed by atoms with van der Waals surface area (Å²) in [5.74, 6) is 0. The molecule has 0 saturated carbocycles. The average molecular weight is 237 g/mol. The van der Waals surface area contributed by atoms with E-state index < -0.39 is 8.97 Å². The molecule has 0 amide bonds. The van der Waals surface area contributed by atoms with Crippen molar-refractivity contribution in [2.75, 3.05) is 47.5 Å². The van der Waals surface area contributed by atoms with Crippen molar-refractivity contribution in [3.8, 4) is 0 Å². The molecule has 0 aromatic carbocycles. The summed E-state index contributed by atoms with van der Waals surface area (Å²) in [6.07, 6.45) is 0.866. The van der Waals surface area contributed by atoms with Crippen LogP contribution in [0.2, 0.25) is 0 Å². The van der Waals surface area contributed by atoms with E-state index in [2.05, 4.69) is 0 Å². The molecule has 0 fully saturated rings. The largest absolute Gasteiger partial charge is 0.598 e. The Balaban J connectivity index is 4.50. The SMILES string of the molecule is CO[Si](OC)(OC)N(CCN)CCCN. The van der Waals surface area contributed by atoms with Gasteiger partial charge in [0.15, 0.2) is 0 Å². The molecule has 0 atom stereocenters. The van der Waals surface area contributed by atoms with Gasteiger partial charge in [0.05, 0.1) is 0 Å². The lowest BCUT2D eigenvalue weighted by Gasteiger charge is -2.34. The Hall–Kier alpha value is -0.0231. The highest BCUT2D eigenvalue weighted by atomic mass is 28.4. The first kappa shape index (κ1) is 15.0. The Kier molecular flexibility index (Phi) is 8.15. The van der Waals surface area contributed by atoms with Gasteiger partial charge in [-0.15, -0.1) is 0 Å². The van der Waals surface area contributed by atoms with E-state index in [1.165, 1.54) is 0 Å². The maximum Gasteiger partial charge on any atom is 0.598 e. The van der Waals surface area contributed by atoms with Crippen LogP contribution in [-0.2, 0) is 13.3 Å². The van der Waals surface area contributed by atoms with E-state index in [9.17, 15) is 0 Å². The fraction of sp³-hybridized carbons (Fsp3) is 1.00. The molecule has 15 heavy (non-hydrogen) atoms. The topological polar surface area (TPSA) is 83.0 Å². The van der Waals surface area contributed by atoms with Crippen LogP contribution in [0.25, 0.3) is 0 Å². The minimum atomic E-state index is -2.71. The summed E-state index contributed by atoms with van der Waals surface area (Å²) in [5.41, 5.74) is 11.0. The lowest BCUT2D eigenvalue weighted by atomic mass is 10.4. The van der Waals surface area contributed by atoms with Crippen molar-refractivity contribution in [1.82, 2.24) is 4.57 Å². The third-order valence-corrected chi connectivity index (χ3v) is 4.96. The Bertz CT molecular complexity index is 150. The molecule has 0 saturated heterocycles. The van der Waals surface area contributed by atoms with Crippen LogP contribution in [0.3, 0.4) is 0 Å². The van der Waals surface area contributed by atoms with E-state index in [1.807, 2.05) is 4.57 Å². The molecule has 0 aliphatic heterocycles. The van der Waals surface area contributed by atoms with Gasteiger partial charge in [-0.25, -0.2) is 0 Å². The van der Waals surface area contributed by atoms with Gasteiger partial charge in [0.2, 0.25) is 0 Å². The molecule has 0 aromatic rings. The van der Waals surface area contributed by atoms with Crippen LogP contribution < -0.4 is 11.5 Å². The first-order chi connectivity index (χ1) is 7.20. The van der Waals surface area contributed by atoms with Gasteiger partial charge in [-0.1, -0.05) is 0 Å². The van der Waals surface area contributed by atoms with Crippen molar-refractivity contribution < 1.29 is 13.3 Å². The number of hydrogen-bond acceptors (Lipinski definition) is 6. The third-order valence-electron chi connectivity index (χ3n) is 2.19. The molecule has 4 N–H and O–H groups in total. The van der Waals surface area contributed by atoms with E-state index in [-0.39, 0.29) is 0 Å². The molecule has 0 spiro atoms. The van der Waals surface area contributed by atoms with Gasteiger partial charge in [0, 0.05) is 34.4 Å². The summed E-state index contributed by atoms with van der Waals surface area (Å²) in [7, 11) is 2.06. The first-order valence-electron chi connectivity index (χ1n) is 5.01. The van der Waals surface area contributed by atoms with Crippen LogP contribution in [0.5, 0.6) is 0 Å². The van der Waals surface area contributed by atoms with E-state index in [4.69, 9.17) is 24.7 Å². The van der Waals surface area contributed by atoms with Crippen LogP contribution in [0, 0.1) is 0 Å². The Labute approximate surface area is 92.9 Å². The van der Waals surface area contributed by atoms with E-state index in [0.717, 1.165) is 13.0 Å². The smallest absolute Gasteiger partial charge is 0.364 e. The first-order valence-corrected chi connectivity index (χ1v) is 6.68. The summed E-state index contributed by atoms with van der Waals surface area (Å²) in [6.45, 7) is 2.62. The van der Waals surface area contributed by atoms with Gasteiger partial charge in [-0.2, -0.15) is 0 Å². The van der Waals surface area contributed by atoms with Gasteiger partial charge >= 0.3 is 8.97 Å². The highest BCUT2D eigenvalue weighted by Gasteiger charge is 2.45. The molecule has 0 heterocycles. The van der Waals surface area contributed by atoms with Crippen molar-refractivity contribution in [1.29, 1.82) is 0 Å². The highest BCUT2D eigenvalue weighted by molar-refractivity contribution is 6.57. The second-order valence-corrected chi connectivity index (χ2v) is 5.96. The Morgan fingerprint density at radius 1 is 0.933 bits per heavy atom. The van der Waals surface area contributed by atoms with Crippen LogP contribution in [0.15, 0.2) is 0 Å². The van der Waals surface area contributed by atoms with E-state index in [1.54, 1.807) is 21.3 Å². The summed E-state index contributed by atoms with van der Waals surface area (Å²) in [4.78, 5) is 0. The molecule has 0 aliphatic carbocycles. The minimum absolute atomic E-state index is 0.537. The molecule has 7 heteroatoms. The molecular weight excluding hydrogens is 214 g/mol. The standard InChI is InChI=1S/C8H23N3O3Si/c1-12-15(13-2,14-3)11(8-6-10)7-4-5-9/h4-10H2,1-3H3. The van der Waals surface area contributed by atoms with Gasteiger partial charge in [-0.05, 0) is 19.5 Å². The molecule has 0 aliphatic rings. The normalized spacial score (nSPS) is 12.4. The van der Waals surface area contributed by atoms with Gasteiger partial charge in [0.1, 0.15) is 0 Å². The molecule has 0 unspecified atom stereocenters. The Morgan fingerprint density at radius 3 is 1.80 bits per heavy atom. The zero-order valence-corrected chi connectivity index (χ0v) is 10.9. The fourth-order valence-electron chi connectivity index (χ4n) is 1.46. The number of nitrogens with two attached hydrogens (primary N) is 2. The van der Waals surface area contributed by atoms with Crippen molar-refractivity contribution in [2.45, 2.75) is 6.42 Å². The zero-order chi connectivity index (χ0) is 11.7. The predicted octanol–water partition coefficient (Wildman–Crippen LogP) is -1.03. The molecule has 92 valence electrons. The Morgan fingerprint density at radius 2 is 1.47 bits per heavy atom. The molecule has 6 nitrogen and oxygen atoms in total. The molecule has 0 rings (SSSR count). The minimum Gasteiger partial charge on any atom is -0.364 e. The summed E-state index contributed by atoms with van der Waals surface area (Å²) in [5, 5.41) is 0. The predicted molar refractivity (Wildman–Crippen MR) is 61.1 cm³/mol. The summed E-state index contributed by atoms with van der Waals surface area (Å²) in [6, 6.07) is 0. The summed E-state index contributed by atoms with van der Waals surface area (Å²) >= 11 is 0. The maximum atomic E-state index is 5.54. The average Bonchev–Trinajstić information content (AvgIpc) is 2.28. The lowest BCUT2D eigenvalue weighted by Crippen LogP contribution is -2.61. The van der Waals surface area contributed by atoms with E-state index in [0.29, 0.717) is 19.6 Å². The monoisotopic (exact) mass is 237 g/mol. The van der Waals surface area contributed by atoms with Crippen LogP contribution >= 0.6 is 0 Å². The summed E-state index contributed by atoms with van der Waals surface area (Å²) < 4.78 is 18.1. The van der Waals surface area contributed by atoms with Gasteiger partial charge in [0.25, 0.3) is 0 Å². The van der Waals surface area contributed by atoms with Gasteiger partial charge in [-0.3, -0.25) is 4.57 Å². The van der Waals surface area contributed by atoms with Crippen LogP contribution in [-0.4, -0.2) is 61.0 Å². The number of hydrogen-bond donors (Lipinski definition) is 2. The van der Waals surface area contributed by atoms with Crippen molar-refractivity contribution >= 4 is 8.97 Å². The molecule has 0 bridgehead atoms. The molecular formula is C8H23N3O3Si. The van der Waals surface area contributed by atoms with Crippen molar-refractivity contribution in [3.05, 3.63) is 0 Å². The quantitative estimate of drug-likeness (QED) is 0.499. The lowest BCUT2D eigenvalue weighted by molar-refractivity contribution is 0.0581. The van der Waals surface area contributed by atoms with Crippen LogP contribution in [0.1, 0.15) is 6.42 Å². The fourth-order valence-corrected chi connectivity index (χ4v) is 3.57. The van der Waals surface area contributed by atoms with Crippen LogP contribution in [0.4, 0.5) is 0 Å². The highest BCUT2D eigenvalue weighted by Crippen LogP contribution is 2.12. The molecule has 0 aromatic heterocycles. The van der Waals surface area contributed by atoms with E-state index >= 15 is 0 Å². The third kappa shape index (κ3) is 4.15. The number of rotatable bonds is 9. The van der Waals surface area contributed by atoms with Crippen molar-refractivity contribution in [3.63, 3.8) is 0 Å². The second-order valence-electron chi connectivity index (χ2n) is 3.05. The van der Waals surface area contributed by atoms with Crippen molar-refractivity contribution in [2.24, 2.45) is 11.5 Å². The number of nitrogens with zero attached hydrogens (tertiary/aromatic N) is 1. The second kappa shape index (κ2) is 8.17.